The largest absolute Gasteiger partial charge is 0.481 e. The van der Waals surface area contributed by atoms with Crippen LogP contribution in [-0.4, -0.2) is 48.8 Å². The minimum atomic E-state index is -0.742. The van der Waals surface area contributed by atoms with Crippen molar-refractivity contribution in [3.05, 3.63) is 35.4 Å². The number of aliphatic carboxylic acids is 1. The Hall–Kier alpha value is -1.39. The van der Waals surface area contributed by atoms with E-state index in [1.807, 2.05) is 7.05 Å². The van der Waals surface area contributed by atoms with E-state index >= 15 is 0 Å². The molecule has 0 spiro atoms. The standard InChI is InChI=1S/C17H23NO3/c1-18(16-11-21-10-15(16)17(19)20)9-13-7-4-6-12-5-2-3-8-14(12)13/h2-3,5,8,13,15-16H,4,6-7,9-11H2,1H3,(H,19,20). The van der Waals surface area contributed by atoms with E-state index in [1.54, 1.807) is 0 Å². The molecule has 1 aliphatic heterocycles. The Bertz CT molecular complexity index is 517. The van der Waals surface area contributed by atoms with Gasteiger partial charge in [-0.2, -0.15) is 0 Å². The summed E-state index contributed by atoms with van der Waals surface area (Å²) in [6, 6.07) is 8.66. The minimum Gasteiger partial charge on any atom is -0.481 e. The van der Waals surface area contributed by atoms with E-state index in [0.717, 1.165) is 6.54 Å². The Labute approximate surface area is 125 Å². The Balaban J connectivity index is 1.71. The lowest BCUT2D eigenvalue weighted by Gasteiger charge is -2.33. The first-order valence-corrected chi connectivity index (χ1v) is 7.75. The summed E-state index contributed by atoms with van der Waals surface area (Å²) < 4.78 is 5.39. The van der Waals surface area contributed by atoms with E-state index in [-0.39, 0.29) is 6.04 Å². The highest BCUT2D eigenvalue weighted by Gasteiger charge is 2.37. The Kier molecular flexibility index (Phi) is 4.27. The SMILES string of the molecule is CN(CC1CCCc2ccccc21)C1COCC1C(=O)O. The molecule has 3 atom stereocenters. The van der Waals surface area contributed by atoms with E-state index in [0.29, 0.717) is 19.1 Å². The zero-order valence-electron chi connectivity index (χ0n) is 12.5. The number of hydrogen-bond acceptors (Lipinski definition) is 3. The fourth-order valence-corrected chi connectivity index (χ4v) is 3.74. The molecule has 1 aromatic carbocycles. The molecule has 0 saturated carbocycles. The molecule has 1 aliphatic carbocycles. The molecular formula is C17H23NO3. The van der Waals surface area contributed by atoms with Gasteiger partial charge in [0.15, 0.2) is 0 Å². The third kappa shape index (κ3) is 2.97. The average Bonchev–Trinajstić information content (AvgIpc) is 2.97. The van der Waals surface area contributed by atoms with Crippen LogP contribution in [0, 0.1) is 5.92 Å². The second-order valence-electron chi connectivity index (χ2n) is 6.28. The summed E-state index contributed by atoms with van der Waals surface area (Å²) in [5.74, 6) is -0.628. The van der Waals surface area contributed by atoms with Gasteiger partial charge in [0.1, 0.15) is 0 Å². The van der Waals surface area contributed by atoms with E-state index in [4.69, 9.17) is 4.74 Å². The lowest BCUT2D eigenvalue weighted by Crippen LogP contribution is -2.42. The monoisotopic (exact) mass is 289 g/mol. The van der Waals surface area contributed by atoms with Gasteiger partial charge in [-0.15, -0.1) is 0 Å². The summed E-state index contributed by atoms with van der Waals surface area (Å²) in [7, 11) is 2.03. The van der Waals surface area contributed by atoms with Crippen molar-refractivity contribution in [3.8, 4) is 0 Å². The van der Waals surface area contributed by atoms with Gasteiger partial charge in [-0.25, -0.2) is 0 Å². The molecule has 0 amide bonds. The molecule has 0 aromatic heterocycles. The van der Waals surface area contributed by atoms with Gasteiger partial charge in [0.05, 0.1) is 19.1 Å². The van der Waals surface area contributed by atoms with Crippen molar-refractivity contribution in [1.29, 1.82) is 0 Å². The van der Waals surface area contributed by atoms with Crippen molar-refractivity contribution in [3.63, 3.8) is 0 Å². The van der Waals surface area contributed by atoms with Crippen LogP contribution in [0.3, 0.4) is 0 Å². The van der Waals surface area contributed by atoms with Crippen molar-refractivity contribution < 1.29 is 14.6 Å². The van der Waals surface area contributed by atoms with Crippen molar-refractivity contribution in [2.75, 3.05) is 26.8 Å². The fraction of sp³-hybridized carbons (Fsp3) is 0.588. The van der Waals surface area contributed by atoms with Gasteiger partial charge >= 0.3 is 5.97 Å². The molecule has 1 heterocycles. The predicted molar refractivity (Wildman–Crippen MR) is 80.5 cm³/mol. The van der Waals surface area contributed by atoms with Crippen molar-refractivity contribution in [2.24, 2.45) is 5.92 Å². The number of nitrogens with zero attached hydrogens (tertiary/aromatic N) is 1. The van der Waals surface area contributed by atoms with Crippen LogP contribution in [0.15, 0.2) is 24.3 Å². The molecule has 1 saturated heterocycles. The molecule has 4 heteroatoms. The molecule has 1 N–H and O–H groups in total. The number of carboxylic acid groups (broad SMARTS) is 1. The Morgan fingerprint density at radius 1 is 1.38 bits per heavy atom. The summed E-state index contributed by atoms with van der Waals surface area (Å²) in [6.45, 7) is 1.78. The van der Waals surface area contributed by atoms with Crippen LogP contribution in [0.2, 0.25) is 0 Å². The summed E-state index contributed by atoms with van der Waals surface area (Å²) in [5.41, 5.74) is 2.90. The number of benzene rings is 1. The number of carboxylic acids is 1. The van der Waals surface area contributed by atoms with Gasteiger partial charge in [0.25, 0.3) is 0 Å². The number of carbonyl (C=O) groups is 1. The quantitative estimate of drug-likeness (QED) is 0.922. The van der Waals surface area contributed by atoms with Gasteiger partial charge in [0.2, 0.25) is 0 Å². The van der Waals surface area contributed by atoms with Gasteiger partial charge in [-0.05, 0) is 43.4 Å². The van der Waals surface area contributed by atoms with Crippen molar-refractivity contribution >= 4 is 5.97 Å². The lowest BCUT2D eigenvalue weighted by molar-refractivity contribution is -0.143. The molecule has 114 valence electrons. The van der Waals surface area contributed by atoms with E-state index in [9.17, 15) is 9.90 Å². The van der Waals surface area contributed by atoms with Crippen LogP contribution in [-0.2, 0) is 16.0 Å². The maximum absolute atomic E-state index is 11.3. The topological polar surface area (TPSA) is 49.8 Å². The third-order valence-corrected chi connectivity index (χ3v) is 4.94. The number of rotatable bonds is 4. The molecule has 0 bridgehead atoms. The number of ether oxygens (including phenoxy) is 1. The third-order valence-electron chi connectivity index (χ3n) is 4.94. The zero-order chi connectivity index (χ0) is 14.8. The van der Waals surface area contributed by atoms with E-state index < -0.39 is 11.9 Å². The number of likely N-dealkylation sites (N-methyl/N-ethyl adjacent to an activating group) is 1. The number of fused-ring (bicyclic) bond motifs is 1. The average molecular weight is 289 g/mol. The number of hydrogen-bond donors (Lipinski definition) is 1. The smallest absolute Gasteiger partial charge is 0.310 e. The van der Waals surface area contributed by atoms with Crippen LogP contribution in [0.1, 0.15) is 29.9 Å². The Morgan fingerprint density at radius 2 is 2.19 bits per heavy atom. The second-order valence-corrected chi connectivity index (χ2v) is 6.28. The highest BCUT2D eigenvalue weighted by Crippen LogP contribution is 2.33. The maximum Gasteiger partial charge on any atom is 0.310 e. The maximum atomic E-state index is 11.3. The van der Waals surface area contributed by atoms with Crippen LogP contribution in [0.4, 0.5) is 0 Å². The van der Waals surface area contributed by atoms with E-state index in [2.05, 4.69) is 29.2 Å². The van der Waals surface area contributed by atoms with Gasteiger partial charge in [-0.3, -0.25) is 9.69 Å². The van der Waals surface area contributed by atoms with Crippen molar-refractivity contribution in [1.82, 2.24) is 4.90 Å². The molecule has 4 nitrogen and oxygen atoms in total. The first kappa shape index (κ1) is 14.5. The molecule has 2 aliphatic rings. The molecule has 21 heavy (non-hydrogen) atoms. The first-order chi connectivity index (χ1) is 10.2. The summed E-state index contributed by atoms with van der Waals surface area (Å²) in [5, 5.41) is 9.29. The van der Waals surface area contributed by atoms with Crippen LogP contribution >= 0.6 is 0 Å². The van der Waals surface area contributed by atoms with Crippen LogP contribution < -0.4 is 0 Å². The Morgan fingerprint density at radius 3 is 3.00 bits per heavy atom. The molecule has 3 rings (SSSR count). The normalized spacial score (nSPS) is 28.6. The molecule has 3 unspecified atom stereocenters. The molecule has 1 aromatic rings. The summed E-state index contributed by atoms with van der Waals surface area (Å²) in [4.78, 5) is 13.5. The van der Waals surface area contributed by atoms with Crippen LogP contribution in [0.5, 0.6) is 0 Å². The lowest BCUT2D eigenvalue weighted by atomic mass is 9.82. The predicted octanol–water partition coefficient (Wildman–Crippen LogP) is 2.14. The zero-order valence-corrected chi connectivity index (χ0v) is 12.5. The number of aryl methyl sites for hydroxylation is 1. The second kappa shape index (κ2) is 6.16. The molecular weight excluding hydrogens is 266 g/mol. The minimum absolute atomic E-state index is 0.00316. The molecule has 1 fully saturated rings. The molecule has 0 radical (unpaired) electrons. The highest BCUT2D eigenvalue weighted by atomic mass is 16.5. The summed E-state index contributed by atoms with van der Waals surface area (Å²) in [6.07, 6.45) is 3.58. The first-order valence-electron chi connectivity index (χ1n) is 7.75. The van der Waals surface area contributed by atoms with Gasteiger partial charge < -0.3 is 9.84 Å². The van der Waals surface area contributed by atoms with Crippen molar-refractivity contribution in [2.45, 2.75) is 31.2 Å². The summed E-state index contributed by atoms with van der Waals surface area (Å²) >= 11 is 0. The fourth-order valence-electron chi connectivity index (χ4n) is 3.74. The van der Waals surface area contributed by atoms with Crippen LogP contribution in [0.25, 0.3) is 0 Å². The highest BCUT2D eigenvalue weighted by molar-refractivity contribution is 5.71. The van der Waals surface area contributed by atoms with E-state index in [1.165, 1.54) is 30.4 Å². The van der Waals surface area contributed by atoms with Gasteiger partial charge in [-0.1, -0.05) is 24.3 Å². The van der Waals surface area contributed by atoms with Gasteiger partial charge in [0, 0.05) is 12.6 Å².